The number of pyridine rings is 1. The van der Waals surface area contributed by atoms with Crippen LogP contribution in [0.1, 0.15) is 31.2 Å². The van der Waals surface area contributed by atoms with Gasteiger partial charge < -0.3 is 24.4 Å². The first-order valence-electron chi connectivity index (χ1n) is 14.2. The van der Waals surface area contributed by atoms with Gasteiger partial charge in [-0.2, -0.15) is 0 Å². The molecule has 41 heavy (non-hydrogen) atoms. The number of anilines is 2. The smallest absolute Gasteiger partial charge is 0.339 e. The van der Waals surface area contributed by atoms with Crippen LogP contribution in [-0.4, -0.2) is 72.6 Å². The molecular weight excluding hydrogens is 514 g/mol. The lowest BCUT2D eigenvalue weighted by Gasteiger charge is -2.34. The molecule has 4 heterocycles. The molecule has 1 N–H and O–H groups in total. The summed E-state index contributed by atoms with van der Waals surface area (Å²) < 4.78 is 5.46. The molecule has 8 heteroatoms. The summed E-state index contributed by atoms with van der Waals surface area (Å²) in [5.41, 5.74) is 8.09. The molecule has 6 rings (SSSR count). The van der Waals surface area contributed by atoms with Crippen molar-refractivity contribution < 1.29 is 15.8 Å². The lowest BCUT2D eigenvalue weighted by molar-refractivity contribution is -0.114. The number of ether oxygens (including phenoxy) is 1. The van der Waals surface area contributed by atoms with E-state index in [9.17, 15) is 9.59 Å². The third-order valence-electron chi connectivity index (χ3n) is 7.96. The van der Waals surface area contributed by atoms with Crippen molar-refractivity contribution in [2.75, 3.05) is 49.6 Å². The molecule has 0 radical (unpaired) electrons. The summed E-state index contributed by atoms with van der Waals surface area (Å²) in [6, 6.07) is 16.7. The number of aromatic amines is 1. The van der Waals surface area contributed by atoms with Crippen LogP contribution in [0, 0.1) is 0 Å². The number of piperazine rings is 1. The number of hydrogen-bond donors (Lipinski definition) is 1. The minimum atomic E-state index is -0.406. The summed E-state index contributed by atoms with van der Waals surface area (Å²) >= 11 is 0. The molecule has 0 atom stereocenters. The molecule has 0 unspecified atom stereocenters. The largest absolute Gasteiger partial charge is 0.459 e. The van der Waals surface area contributed by atoms with Gasteiger partial charge in [0.25, 0.3) is 0 Å². The van der Waals surface area contributed by atoms with Gasteiger partial charge in [-0.3, -0.25) is 4.79 Å². The van der Waals surface area contributed by atoms with Crippen molar-refractivity contribution in [3.63, 3.8) is 0 Å². The molecule has 1 amide bonds. The average molecular weight is 552 g/mol. The Morgan fingerprint density at radius 2 is 1.76 bits per heavy atom. The number of nitrogens with one attached hydrogen (secondary N) is 1. The van der Waals surface area contributed by atoms with Crippen molar-refractivity contribution in [3.8, 4) is 22.4 Å². The predicted octanol–water partition coefficient (Wildman–Crippen LogP) is 5.54. The zero-order valence-corrected chi connectivity index (χ0v) is 23.8. The van der Waals surface area contributed by atoms with Gasteiger partial charge in [0, 0.05) is 62.7 Å². The second kappa shape index (κ2) is 10.9. The van der Waals surface area contributed by atoms with Gasteiger partial charge in [0.1, 0.15) is 5.65 Å². The molecule has 0 spiro atoms. The second-order valence-electron chi connectivity index (χ2n) is 11.1. The topological polar surface area (TPSA) is 81.8 Å². The highest BCUT2D eigenvalue weighted by Crippen LogP contribution is 2.41. The SMILES string of the molecule is C=CC(=O)N1CCc2ccc(-c3c(-c4ccc(N5CCN(C)CC5)cc4)[nH]c4ncc(C(=O)OC(C)C)cc34)cc21.[HH]. The molecule has 1 saturated heterocycles. The number of rotatable bonds is 6. The van der Waals surface area contributed by atoms with Gasteiger partial charge in [0.2, 0.25) is 5.91 Å². The number of carbonyl (C=O) groups excluding carboxylic acids is 2. The number of carbonyl (C=O) groups is 2. The van der Waals surface area contributed by atoms with E-state index in [1.807, 2.05) is 19.9 Å². The monoisotopic (exact) mass is 551 g/mol. The van der Waals surface area contributed by atoms with E-state index >= 15 is 0 Å². The predicted molar refractivity (Wildman–Crippen MR) is 166 cm³/mol. The Morgan fingerprint density at radius 1 is 1.02 bits per heavy atom. The van der Waals surface area contributed by atoms with Gasteiger partial charge in [-0.25, -0.2) is 9.78 Å². The van der Waals surface area contributed by atoms with Crippen molar-refractivity contribution in [2.45, 2.75) is 26.4 Å². The van der Waals surface area contributed by atoms with Gasteiger partial charge in [0.05, 0.1) is 17.4 Å². The number of H-pyrrole nitrogens is 1. The van der Waals surface area contributed by atoms with E-state index in [-0.39, 0.29) is 13.4 Å². The summed E-state index contributed by atoms with van der Waals surface area (Å²) in [6.07, 6.45) is 3.48. The molecule has 0 saturated carbocycles. The maximum Gasteiger partial charge on any atom is 0.339 e. The summed E-state index contributed by atoms with van der Waals surface area (Å²) in [5, 5.41) is 0.820. The summed E-state index contributed by atoms with van der Waals surface area (Å²) in [6.45, 7) is 12.1. The fourth-order valence-corrected chi connectivity index (χ4v) is 5.76. The third kappa shape index (κ3) is 5.11. The Bertz CT molecular complexity index is 1640. The van der Waals surface area contributed by atoms with Crippen molar-refractivity contribution in [3.05, 3.63) is 78.5 Å². The number of nitrogens with zero attached hydrogens (tertiary/aromatic N) is 4. The molecular formula is C33H37N5O3. The molecule has 2 aliphatic heterocycles. The van der Waals surface area contributed by atoms with Gasteiger partial charge in [-0.1, -0.05) is 30.8 Å². The Kier molecular flexibility index (Phi) is 7.09. The van der Waals surface area contributed by atoms with E-state index in [4.69, 9.17) is 4.74 Å². The lowest BCUT2D eigenvalue weighted by Crippen LogP contribution is -2.44. The molecule has 2 aliphatic rings. The fraction of sp³-hybridized carbons (Fsp3) is 0.303. The van der Waals surface area contributed by atoms with Crippen molar-refractivity contribution in [2.24, 2.45) is 0 Å². The Labute approximate surface area is 241 Å². The average Bonchev–Trinajstić information content (AvgIpc) is 3.58. The number of likely N-dealkylation sites (N-methyl/N-ethyl adjacent to an activating group) is 1. The van der Waals surface area contributed by atoms with Crippen molar-refractivity contribution in [1.29, 1.82) is 0 Å². The van der Waals surface area contributed by atoms with Crippen LogP contribution in [0.25, 0.3) is 33.4 Å². The van der Waals surface area contributed by atoms with Crippen LogP contribution in [0.5, 0.6) is 0 Å². The molecule has 212 valence electrons. The second-order valence-corrected chi connectivity index (χ2v) is 11.1. The standard InChI is InChI=1S/C33H35N5O3.H2/c1-5-29(39)38-13-12-22-6-7-24(19-28(22)38)30-27-18-25(33(40)41-21(2)3)20-34-32(27)35-31(30)23-8-10-26(11-9-23)37-16-14-36(4)15-17-37;/h5-11,18-21H,1,12-17H2,2-4H3,(H,34,35);1H. The van der Waals surface area contributed by atoms with E-state index in [0.717, 1.165) is 71.6 Å². The molecule has 1 fully saturated rings. The molecule has 0 bridgehead atoms. The number of benzene rings is 2. The Balaban J connectivity index is 0.00000353. The van der Waals surface area contributed by atoms with E-state index < -0.39 is 5.97 Å². The number of aromatic nitrogens is 2. The molecule has 8 nitrogen and oxygen atoms in total. The van der Waals surface area contributed by atoms with Crippen LogP contribution in [0.4, 0.5) is 11.4 Å². The quantitative estimate of drug-likeness (QED) is 0.251. The van der Waals surface area contributed by atoms with Crippen LogP contribution < -0.4 is 9.80 Å². The van der Waals surface area contributed by atoms with E-state index in [1.54, 1.807) is 11.1 Å². The van der Waals surface area contributed by atoms with E-state index in [2.05, 4.69) is 75.9 Å². The van der Waals surface area contributed by atoms with Crippen LogP contribution in [0.2, 0.25) is 0 Å². The van der Waals surface area contributed by atoms with E-state index in [0.29, 0.717) is 17.8 Å². The highest BCUT2D eigenvalue weighted by molar-refractivity contribution is 6.07. The molecule has 4 aromatic rings. The molecule has 0 aliphatic carbocycles. The first kappa shape index (κ1) is 26.8. The van der Waals surface area contributed by atoms with Gasteiger partial charge >= 0.3 is 5.97 Å². The number of esters is 1. The van der Waals surface area contributed by atoms with Gasteiger partial charge in [-0.05, 0) is 74.3 Å². The van der Waals surface area contributed by atoms with Crippen molar-refractivity contribution in [1.82, 2.24) is 14.9 Å². The summed E-state index contributed by atoms with van der Waals surface area (Å²) in [4.78, 5) is 40.1. The van der Waals surface area contributed by atoms with E-state index in [1.165, 1.54) is 11.8 Å². The maximum absolute atomic E-state index is 12.8. The normalized spacial score (nSPS) is 15.4. The minimum absolute atomic E-state index is 0. The van der Waals surface area contributed by atoms with Crippen LogP contribution in [-0.2, 0) is 16.0 Å². The lowest BCUT2D eigenvalue weighted by atomic mass is 9.96. The number of amides is 1. The van der Waals surface area contributed by atoms with Gasteiger partial charge in [-0.15, -0.1) is 0 Å². The first-order chi connectivity index (χ1) is 19.8. The van der Waals surface area contributed by atoms with Crippen LogP contribution in [0.15, 0.2) is 67.4 Å². The zero-order valence-electron chi connectivity index (χ0n) is 23.8. The zero-order chi connectivity index (χ0) is 28.7. The van der Waals surface area contributed by atoms with Crippen LogP contribution >= 0.6 is 0 Å². The third-order valence-corrected chi connectivity index (χ3v) is 7.96. The highest BCUT2D eigenvalue weighted by Gasteiger charge is 2.26. The summed E-state index contributed by atoms with van der Waals surface area (Å²) in [7, 11) is 2.16. The maximum atomic E-state index is 12.8. The highest BCUT2D eigenvalue weighted by atomic mass is 16.5. The van der Waals surface area contributed by atoms with Crippen LogP contribution in [0.3, 0.4) is 0 Å². The fourth-order valence-electron chi connectivity index (χ4n) is 5.76. The van der Waals surface area contributed by atoms with Gasteiger partial charge in [0.15, 0.2) is 0 Å². The molecule has 2 aromatic carbocycles. The Morgan fingerprint density at radius 3 is 2.46 bits per heavy atom. The van der Waals surface area contributed by atoms with Crippen molar-refractivity contribution >= 4 is 34.3 Å². The number of fused-ring (bicyclic) bond motifs is 2. The Hall–Kier alpha value is -4.43. The first-order valence-corrected chi connectivity index (χ1v) is 14.2. The molecule has 2 aromatic heterocycles. The minimum Gasteiger partial charge on any atom is -0.459 e. The number of hydrogen-bond acceptors (Lipinski definition) is 6. The summed E-state index contributed by atoms with van der Waals surface area (Å²) in [5.74, 6) is -0.517.